The highest BCUT2D eigenvalue weighted by atomic mass is 35.5. The summed E-state index contributed by atoms with van der Waals surface area (Å²) >= 11 is 5.36. The number of hydrogen-bond donors (Lipinski definition) is 0. The zero-order valence-corrected chi connectivity index (χ0v) is 9.81. The predicted octanol–water partition coefficient (Wildman–Crippen LogP) is 4.36. The maximum absolute atomic E-state index is 12.9. The van der Waals surface area contributed by atoms with Crippen LogP contribution >= 0.6 is 11.6 Å². The first-order valence-corrected chi connectivity index (χ1v) is 7.51. The Bertz CT molecular complexity index is 204. The van der Waals surface area contributed by atoms with Crippen molar-refractivity contribution >= 4 is 19.7 Å². The van der Waals surface area contributed by atoms with Gasteiger partial charge < -0.3 is 0 Å². The SMILES string of the molecule is C=CC[Si](CC=C)(CC=CCl)C(F)F. The summed E-state index contributed by atoms with van der Waals surface area (Å²) in [6.07, 6.45) is 4.75. The number of halogens is 3. The van der Waals surface area contributed by atoms with Crippen LogP contribution in [-0.2, 0) is 0 Å². The molecule has 0 fully saturated rings. The van der Waals surface area contributed by atoms with E-state index < -0.39 is 14.1 Å². The number of hydrogen-bond acceptors (Lipinski definition) is 0. The Labute approximate surface area is 90.0 Å². The van der Waals surface area contributed by atoms with Gasteiger partial charge in [-0.25, -0.2) is 8.78 Å². The van der Waals surface area contributed by atoms with E-state index in [0.29, 0.717) is 18.1 Å². The van der Waals surface area contributed by atoms with E-state index in [0.717, 1.165) is 0 Å². The molecule has 4 heteroatoms. The van der Waals surface area contributed by atoms with Crippen LogP contribution in [0.1, 0.15) is 0 Å². The molecule has 0 aromatic carbocycles. The third-order valence-corrected chi connectivity index (χ3v) is 6.53. The van der Waals surface area contributed by atoms with Crippen molar-refractivity contribution in [2.75, 3.05) is 0 Å². The fourth-order valence-corrected chi connectivity index (χ4v) is 4.38. The van der Waals surface area contributed by atoms with Gasteiger partial charge in [0.05, 0.1) is 0 Å². The lowest BCUT2D eigenvalue weighted by molar-refractivity contribution is 0.226. The van der Waals surface area contributed by atoms with Gasteiger partial charge in [-0.05, 0) is 23.7 Å². The molecule has 0 aromatic heterocycles. The van der Waals surface area contributed by atoms with Crippen LogP contribution in [0.2, 0.25) is 18.1 Å². The average Bonchev–Trinajstić information content (AvgIpc) is 2.14. The molecule has 0 aromatic rings. The number of rotatable bonds is 7. The zero-order valence-electron chi connectivity index (χ0n) is 8.06. The Morgan fingerprint density at radius 3 is 1.93 bits per heavy atom. The topological polar surface area (TPSA) is 0 Å². The van der Waals surface area contributed by atoms with E-state index >= 15 is 0 Å². The molecular weight excluding hydrogens is 222 g/mol. The van der Waals surface area contributed by atoms with Crippen LogP contribution in [0, 0.1) is 0 Å². The predicted molar refractivity (Wildman–Crippen MR) is 61.6 cm³/mol. The highest BCUT2D eigenvalue weighted by Crippen LogP contribution is 2.29. The second-order valence-electron chi connectivity index (χ2n) is 3.21. The van der Waals surface area contributed by atoms with Gasteiger partial charge in [0.25, 0.3) is 0 Å². The minimum absolute atomic E-state index is 0.381. The normalized spacial score (nSPS) is 12.3. The van der Waals surface area contributed by atoms with Crippen LogP contribution in [0.15, 0.2) is 36.9 Å². The van der Waals surface area contributed by atoms with Crippen LogP contribution in [-0.4, -0.2) is 14.1 Å². The standard InChI is InChI=1S/C10H15ClF2Si/c1-3-7-14(8-4-2,10(12)13)9-5-6-11/h3-6,10H,1-2,7-9H2. The molecule has 14 heavy (non-hydrogen) atoms. The summed E-state index contributed by atoms with van der Waals surface area (Å²) in [5, 5.41) is 0. The molecule has 80 valence electrons. The number of alkyl halides is 2. The summed E-state index contributed by atoms with van der Waals surface area (Å²) in [5.74, 6) is 0. The van der Waals surface area contributed by atoms with Crippen molar-refractivity contribution in [1.82, 2.24) is 0 Å². The molecule has 0 spiro atoms. The molecule has 0 saturated carbocycles. The molecule has 0 radical (unpaired) electrons. The maximum Gasteiger partial charge on any atom is 0.222 e. The summed E-state index contributed by atoms with van der Waals surface area (Å²) in [5.41, 5.74) is 1.30. The van der Waals surface area contributed by atoms with Crippen molar-refractivity contribution in [3.8, 4) is 0 Å². The molecule has 0 aliphatic carbocycles. The lowest BCUT2D eigenvalue weighted by atomic mass is 10.7. The summed E-state index contributed by atoms with van der Waals surface area (Å²) in [4.78, 5) is 0. The van der Waals surface area contributed by atoms with Gasteiger partial charge in [-0.2, -0.15) is 0 Å². The van der Waals surface area contributed by atoms with Crippen LogP contribution in [0.3, 0.4) is 0 Å². The summed E-state index contributed by atoms with van der Waals surface area (Å²) in [7, 11) is -2.63. The van der Waals surface area contributed by atoms with Crippen molar-refractivity contribution in [2.45, 2.75) is 24.2 Å². The van der Waals surface area contributed by atoms with Crippen molar-refractivity contribution in [2.24, 2.45) is 0 Å². The van der Waals surface area contributed by atoms with Crippen LogP contribution in [0.25, 0.3) is 0 Å². The highest BCUT2D eigenvalue weighted by Gasteiger charge is 2.39. The van der Waals surface area contributed by atoms with Crippen LogP contribution < -0.4 is 0 Å². The first kappa shape index (κ1) is 13.6. The number of allylic oxidation sites excluding steroid dienone is 3. The first-order valence-electron chi connectivity index (χ1n) is 4.38. The van der Waals surface area contributed by atoms with Crippen LogP contribution in [0.4, 0.5) is 8.78 Å². The molecule has 0 aliphatic rings. The Hall–Kier alpha value is -0.413. The van der Waals surface area contributed by atoms with E-state index in [2.05, 4.69) is 13.2 Å². The fraction of sp³-hybridized carbons (Fsp3) is 0.400. The zero-order chi connectivity index (χ0) is 11.0. The van der Waals surface area contributed by atoms with Crippen LogP contribution in [0.5, 0.6) is 0 Å². The second kappa shape index (κ2) is 6.96. The molecule has 0 saturated heterocycles. The van der Waals surface area contributed by atoms with E-state index in [1.165, 1.54) is 5.54 Å². The Morgan fingerprint density at radius 2 is 1.64 bits per heavy atom. The van der Waals surface area contributed by atoms with Crippen molar-refractivity contribution in [3.63, 3.8) is 0 Å². The van der Waals surface area contributed by atoms with Gasteiger partial charge in [0.15, 0.2) is 0 Å². The summed E-state index contributed by atoms with van der Waals surface area (Å²) in [6, 6.07) is -1.08. The van der Waals surface area contributed by atoms with E-state index in [9.17, 15) is 8.78 Å². The molecule has 0 nitrogen and oxygen atoms in total. The van der Waals surface area contributed by atoms with E-state index in [4.69, 9.17) is 11.6 Å². The van der Waals surface area contributed by atoms with Gasteiger partial charge in [0, 0.05) is 0 Å². The summed E-state index contributed by atoms with van der Waals surface area (Å²) < 4.78 is 25.9. The van der Waals surface area contributed by atoms with E-state index in [1.54, 1.807) is 18.2 Å². The lowest BCUT2D eigenvalue weighted by Gasteiger charge is -2.26. The Morgan fingerprint density at radius 1 is 1.14 bits per heavy atom. The minimum atomic E-state index is -2.63. The van der Waals surface area contributed by atoms with Crippen molar-refractivity contribution < 1.29 is 8.78 Å². The minimum Gasteiger partial charge on any atom is -0.216 e. The Balaban J connectivity index is 4.71. The average molecular weight is 237 g/mol. The van der Waals surface area contributed by atoms with Gasteiger partial charge in [-0.1, -0.05) is 29.8 Å². The molecule has 0 rings (SSSR count). The van der Waals surface area contributed by atoms with Gasteiger partial charge in [-0.3, -0.25) is 0 Å². The molecule has 0 aliphatic heterocycles. The summed E-state index contributed by atoms with van der Waals surface area (Å²) in [6.45, 7) is 7.06. The first-order chi connectivity index (χ1) is 6.63. The maximum atomic E-state index is 12.9. The Kier molecular flexibility index (Phi) is 6.75. The molecule has 0 heterocycles. The van der Waals surface area contributed by atoms with Gasteiger partial charge in [0.1, 0.15) is 8.07 Å². The van der Waals surface area contributed by atoms with Crippen molar-refractivity contribution in [1.29, 1.82) is 0 Å². The van der Waals surface area contributed by atoms with Gasteiger partial charge >= 0.3 is 0 Å². The quantitative estimate of drug-likeness (QED) is 0.455. The highest BCUT2D eigenvalue weighted by molar-refractivity contribution is 6.81. The second-order valence-corrected chi connectivity index (χ2v) is 7.85. The smallest absolute Gasteiger partial charge is 0.216 e. The third kappa shape index (κ3) is 3.76. The molecule has 0 N–H and O–H groups in total. The lowest BCUT2D eigenvalue weighted by Crippen LogP contribution is -2.41. The third-order valence-electron chi connectivity index (χ3n) is 2.18. The van der Waals surface area contributed by atoms with E-state index in [1.807, 2.05) is 0 Å². The van der Waals surface area contributed by atoms with E-state index in [-0.39, 0.29) is 0 Å². The molecule has 0 amide bonds. The van der Waals surface area contributed by atoms with Gasteiger partial charge in [0.2, 0.25) is 6.05 Å². The molecule has 0 unspecified atom stereocenters. The molecule has 0 bridgehead atoms. The van der Waals surface area contributed by atoms with Gasteiger partial charge in [-0.15, -0.1) is 13.2 Å². The molecular formula is C10H15ClF2Si. The largest absolute Gasteiger partial charge is 0.222 e. The monoisotopic (exact) mass is 236 g/mol. The fourth-order valence-electron chi connectivity index (χ4n) is 1.37. The van der Waals surface area contributed by atoms with Crippen molar-refractivity contribution in [3.05, 3.63) is 36.9 Å². The molecule has 0 atom stereocenters.